The first-order chi connectivity index (χ1) is 6.57. The van der Waals surface area contributed by atoms with Gasteiger partial charge in [-0.1, -0.05) is 22.9 Å². The molecule has 0 aromatic heterocycles. The van der Waals surface area contributed by atoms with Crippen molar-refractivity contribution in [3.05, 3.63) is 0 Å². The second kappa shape index (κ2) is 4.77. The standard InChI is InChI=1S/C9H14BrNO3/c1-6(5-10)8(12)11-4-2-3-7(11)9(13)14/h6-7H,2-5H2,1H3,(H,13,14)/t6?,7-/m1/s1. The van der Waals surface area contributed by atoms with Crippen LogP contribution < -0.4 is 0 Å². The molecule has 0 aromatic carbocycles. The van der Waals surface area contributed by atoms with Crippen LogP contribution in [0.4, 0.5) is 0 Å². The summed E-state index contributed by atoms with van der Waals surface area (Å²) < 4.78 is 0. The summed E-state index contributed by atoms with van der Waals surface area (Å²) in [4.78, 5) is 24.0. The predicted octanol–water partition coefficient (Wildman–Crippen LogP) is 1.09. The zero-order valence-corrected chi connectivity index (χ0v) is 9.66. The second-order valence-electron chi connectivity index (χ2n) is 3.58. The van der Waals surface area contributed by atoms with Crippen LogP contribution in [0.25, 0.3) is 0 Å². The lowest BCUT2D eigenvalue weighted by atomic mass is 10.1. The van der Waals surface area contributed by atoms with Crippen molar-refractivity contribution in [2.24, 2.45) is 5.92 Å². The van der Waals surface area contributed by atoms with Crippen molar-refractivity contribution < 1.29 is 14.7 Å². The highest BCUT2D eigenvalue weighted by Gasteiger charge is 2.35. The molecule has 1 rings (SSSR count). The minimum atomic E-state index is -0.891. The molecule has 80 valence electrons. The predicted molar refractivity (Wildman–Crippen MR) is 55.3 cm³/mol. The molecule has 0 spiro atoms. The molecule has 1 N–H and O–H groups in total. The van der Waals surface area contributed by atoms with Gasteiger partial charge in [0.1, 0.15) is 6.04 Å². The Hall–Kier alpha value is -0.580. The molecule has 5 heteroatoms. The lowest BCUT2D eigenvalue weighted by Crippen LogP contribution is -2.43. The van der Waals surface area contributed by atoms with Crippen molar-refractivity contribution in [2.75, 3.05) is 11.9 Å². The van der Waals surface area contributed by atoms with Crippen LogP contribution in [0.5, 0.6) is 0 Å². The zero-order chi connectivity index (χ0) is 10.7. The van der Waals surface area contributed by atoms with Crippen LogP contribution in [0.1, 0.15) is 19.8 Å². The summed E-state index contributed by atoms with van der Waals surface area (Å²) in [5, 5.41) is 9.46. The third-order valence-electron chi connectivity index (χ3n) is 2.47. The van der Waals surface area contributed by atoms with Crippen LogP contribution in [-0.2, 0) is 9.59 Å². The SMILES string of the molecule is CC(CBr)C(=O)N1CCC[C@@H]1C(=O)O. The number of nitrogens with zero attached hydrogens (tertiary/aromatic N) is 1. The Bertz CT molecular complexity index is 244. The van der Waals surface area contributed by atoms with Crippen LogP contribution in [0.15, 0.2) is 0 Å². The van der Waals surface area contributed by atoms with Gasteiger partial charge >= 0.3 is 5.97 Å². The van der Waals surface area contributed by atoms with Crippen molar-refractivity contribution >= 4 is 27.8 Å². The Morgan fingerprint density at radius 1 is 1.64 bits per heavy atom. The minimum Gasteiger partial charge on any atom is -0.480 e. The topological polar surface area (TPSA) is 57.6 Å². The maximum Gasteiger partial charge on any atom is 0.326 e. The van der Waals surface area contributed by atoms with Crippen LogP contribution in [0.3, 0.4) is 0 Å². The number of carbonyl (C=O) groups excluding carboxylic acids is 1. The summed E-state index contributed by atoms with van der Waals surface area (Å²) in [5.41, 5.74) is 0. The van der Waals surface area contributed by atoms with Crippen LogP contribution >= 0.6 is 15.9 Å². The van der Waals surface area contributed by atoms with Gasteiger partial charge < -0.3 is 10.0 Å². The van der Waals surface area contributed by atoms with E-state index in [1.165, 1.54) is 4.90 Å². The quantitative estimate of drug-likeness (QED) is 0.776. The molecule has 0 aliphatic carbocycles. The van der Waals surface area contributed by atoms with Gasteiger partial charge in [-0.25, -0.2) is 4.79 Å². The number of carboxylic acid groups (broad SMARTS) is 1. The van der Waals surface area contributed by atoms with E-state index in [2.05, 4.69) is 15.9 Å². The minimum absolute atomic E-state index is 0.0632. The highest BCUT2D eigenvalue weighted by Crippen LogP contribution is 2.20. The van der Waals surface area contributed by atoms with Gasteiger partial charge in [0.25, 0.3) is 0 Å². The van der Waals surface area contributed by atoms with Crippen LogP contribution in [0.2, 0.25) is 0 Å². The van der Waals surface area contributed by atoms with Crippen LogP contribution in [0, 0.1) is 5.92 Å². The van der Waals surface area contributed by atoms with Crippen molar-refractivity contribution in [1.29, 1.82) is 0 Å². The first kappa shape index (κ1) is 11.5. The number of rotatable bonds is 3. The second-order valence-corrected chi connectivity index (χ2v) is 4.23. The average molecular weight is 264 g/mol. The van der Waals surface area contributed by atoms with Gasteiger partial charge in [0.15, 0.2) is 0 Å². The number of carbonyl (C=O) groups is 2. The molecule has 1 aliphatic heterocycles. The summed E-state index contributed by atoms with van der Waals surface area (Å²) in [6, 6.07) is -0.607. The van der Waals surface area contributed by atoms with Gasteiger partial charge in [-0.05, 0) is 12.8 Å². The summed E-state index contributed by atoms with van der Waals surface area (Å²) in [7, 11) is 0. The molecule has 1 heterocycles. The van der Waals surface area contributed by atoms with Gasteiger partial charge in [0, 0.05) is 17.8 Å². The van der Waals surface area contributed by atoms with Crippen molar-refractivity contribution in [3.8, 4) is 0 Å². The highest BCUT2D eigenvalue weighted by atomic mass is 79.9. The number of hydrogen-bond acceptors (Lipinski definition) is 2. The largest absolute Gasteiger partial charge is 0.480 e. The molecule has 0 aromatic rings. The van der Waals surface area contributed by atoms with E-state index in [1.807, 2.05) is 0 Å². The van der Waals surface area contributed by atoms with Crippen LogP contribution in [-0.4, -0.2) is 39.8 Å². The summed E-state index contributed by atoms with van der Waals surface area (Å²) in [6.07, 6.45) is 1.37. The van der Waals surface area contributed by atoms with E-state index >= 15 is 0 Å². The number of likely N-dealkylation sites (tertiary alicyclic amines) is 1. The van der Waals surface area contributed by atoms with E-state index in [1.54, 1.807) is 6.92 Å². The fourth-order valence-electron chi connectivity index (χ4n) is 1.64. The molecule has 1 unspecified atom stereocenters. The Balaban J connectivity index is 2.67. The number of hydrogen-bond donors (Lipinski definition) is 1. The number of amides is 1. The van der Waals surface area contributed by atoms with Gasteiger partial charge in [-0.15, -0.1) is 0 Å². The third kappa shape index (κ3) is 2.26. The number of alkyl halides is 1. The molecule has 14 heavy (non-hydrogen) atoms. The third-order valence-corrected chi connectivity index (χ3v) is 3.45. The molecule has 1 amide bonds. The molecule has 1 saturated heterocycles. The Labute approximate surface area is 91.4 Å². The normalized spacial score (nSPS) is 23.6. The Kier molecular flexibility index (Phi) is 3.92. The fourth-order valence-corrected chi connectivity index (χ4v) is 1.91. The molecule has 2 atom stereocenters. The first-order valence-electron chi connectivity index (χ1n) is 4.67. The highest BCUT2D eigenvalue weighted by molar-refractivity contribution is 9.09. The first-order valence-corrected chi connectivity index (χ1v) is 5.79. The van der Waals surface area contributed by atoms with Gasteiger partial charge in [-0.2, -0.15) is 0 Å². The van der Waals surface area contributed by atoms with Crippen molar-refractivity contribution in [3.63, 3.8) is 0 Å². The van der Waals surface area contributed by atoms with Gasteiger partial charge in [0.2, 0.25) is 5.91 Å². The lowest BCUT2D eigenvalue weighted by molar-refractivity contribution is -0.149. The molecule has 0 saturated carbocycles. The number of aliphatic carboxylic acids is 1. The van der Waals surface area contributed by atoms with Gasteiger partial charge in [0.05, 0.1) is 0 Å². The number of halogens is 1. The molecule has 4 nitrogen and oxygen atoms in total. The smallest absolute Gasteiger partial charge is 0.326 e. The van der Waals surface area contributed by atoms with Gasteiger partial charge in [-0.3, -0.25) is 4.79 Å². The number of carboxylic acids is 1. The van der Waals surface area contributed by atoms with E-state index < -0.39 is 12.0 Å². The van der Waals surface area contributed by atoms with Crippen molar-refractivity contribution in [2.45, 2.75) is 25.8 Å². The molecular formula is C9H14BrNO3. The zero-order valence-electron chi connectivity index (χ0n) is 8.07. The van der Waals surface area contributed by atoms with E-state index in [0.717, 1.165) is 6.42 Å². The molecule has 0 bridgehead atoms. The molecule has 1 aliphatic rings. The molecule has 1 fully saturated rings. The summed E-state index contributed by atoms with van der Waals surface area (Å²) in [6.45, 7) is 2.38. The lowest BCUT2D eigenvalue weighted by Gasteiger charge is -2.23. The van der Waals surface area contributed by atoms with E-state index in [-0.39, 0.29) is 11.8 Å². The fraction of sp³-hybridized carbons (Fsp3) is 0.778. The maximum absolute atomic E-state index is 11.7. The molecular weight excluding hydrogens is 250 g/mol. The van der Waals surface area contributed by atoms with E-state index in [0.29, 0.717) is 18.3 Å². The monoisotopic (exact) mass is 263 g/mol. The average Bonchev–Trinajstić information content (AvgIpc) is 2.63. The van der Waals surface area contributed by atoms with E-state index in [9.17, 15) is 9.59 Å². The Morgan fingerprint density at radius 2 is 2.29 bits per heavy atom. The summed E-state index contributed by atoms with van der Waals surface area (Å²) in [5.74, 6) is -1.10. The van der Waals surface area contributed by atoms with Crippen molar-refractivity contribution in [1.82, 2.24) is 4.90 Å². The maximum atomic E-state index is 11.7. The summed E-state index contributed by atoms with van der Waals surface area (Å²) >= 11 is 3.22. The molecule has 0 radical (unpaired) electrons. The Morgan fingerprint density at radius 3 is 2.79 bits per heavy atom. The van der Waals surface area contributed by atoms with E-state index in [4.69, 9.17) is 5.11 Å².